The number of nitriles is 1. The van der Waals surface area contributed by atoms with Crippen molar-refractivity contribution in [3.63, 3.8) is 0 Å². The molecule has 0 atom stereocenters. The number of hydrogen-bond donors (Lipinski definition) is 1. The lowest BCUT2D eigenvalue weighted by atomic mass is 10.1. The van der Waals surface area contributed by atoms with Crippen molar-refractivity contribution in [2.24, 2.45) is 14.1 Å². The topological polar surface area (TPSA) is 133 Å². The highest BCUT2D eigenvalue weighted by atomic mass is 35.5. The first-order valence-electron chi connectivity index (χ1n) is 13.1. The molecule has 0 unspecified atom stereocenters. The van der Waals surface area contributed by atoms with Crippen LogP contribution in [0.25, 0.3) is 17.2 Å². The molecule has 0 fully saturated rings. The van der Waals surface area contributed by atoms with Crippen LogP contribution >= 0.6 is 23.2 Å². The summed E-state index contributed by atoms with van der Waals surface area (Å²) < 4.78 is 15.5. The van der Waals surface area contributed by atoms with E-state index in [1.54, 1.807) is 60.7 Å². The molecule has 3 aromatic carbocycles. The molecule has 0 aliphatic carbocycles. The summed E-state index contributed by atoms with van der Waals surface area (Å²) >= 11 is 12.5. The number of hydrogen-bond acceptors (Lipinski definition) is 7. The van der Waals surface area contributed by atoms with Crippen LogP contribution in [-0.4, -0.2) is 31.7 Å². The van der Waals surface area contributed by atoms with Crippen molar-refractivity contribution in [2.75, 3.05) is 12.4 Å². The van der Waals surface area contributed by atoms with Crippen LogP contribution in [-0.2, 0) is 25.4 Å². The minimum atomic E-state index is -0.570. The monoisotopic (exact) mass is 630 g/mol. The maximum atomic E-state index is 13.3. The Morgan fingerprint density at radius 1 is 1.02 bits per heavy atom. The SMILES string of the molecule is COc1cc(C=C(C#N)C(=O)Nc2ccccc2)ccc1Oc1nc2c(c(=O)n(C)c(=O)n2C)n1Cc1ccc(Cl)cc1Cl. The molecule has 11 nitrogen and oxygen atoms in total. The van der Waals surface area contributed by atoms with Gasteiger partial charge in [-0.1, -0.05) is 53.5 Å². The van der Waals surface area contributed by atoms with Crippen molar-refractivity contribution in [1.29, 1.82) is 5.26 Å². The molecule has 0 radical (unpaired) electrons. The average Bonchev–Trinajstić information content (AvgIpc) is 3.37. The van der Waals surface area contributed by atoms with Crippen LogP contribution in [0.4, 0.5) is 5.69 Å². The van der Waals surface area contributed by atoms with Crippen LogP contribution in [0.5, 0.6) is 17.5 Å². The fourth-order valence-electron chi connectivity index (χ4n) is 4.46. The molecule has 13 heteroatoms. The van der Waals surface area contributed by atoms with E-state index in [1.165, 1.54) is 36.4 Å². The van der Waals surface area contributed by atoms with Crippen molar-refractivity contribution in [1.82, 2.24) is 18.7 Å². The Morgan fingerprint density at radius 3 is 2.45 bits per heavy atom. The Labute approximate surface area is 260 Å². The number of nitrogens with one attached hydrogen (secondary N) is 1. The number of aryl methyl sites for hydroxylation is 1. The molecule has 0 spiro atoms. The zero-order chi connectivity index (χ0) is 31.5. The maximum Gasteiger partial charge on any atom is 0.332 e. The van der Waals surface area contributed by atoms with Gasteiger partial charge >= 0.3 is 11.7 Å². The summed E-state index contributed by atoms with van der Waals surface area (Å²) in [7, 11) is 4.31. The van der Waals surface area contributed by atoms with Crippen molar-refractivity contribution in [3.05, 3.63) is 114 Å². The van der Waals surface area contributed by atoms with Crippen LogP contribution in [0.3, 0.4) is 0 Å². The molecule has 0 saturated heterocycles. The molecule has 2 aromatic heterocycles. The molecule has 2 heterocycles. The van der Waals surface area contributed by atoms with Gasteiger partial charge in [-0.15, -0.1) is 0 Å². The van der Waals surface area contributed by atoms with E-state index in [0.29, 0.717) is 26.9 Å². The van der Waals surface area contributed by atoms with Gasteiger partial charge in [-0.25, -0.2) is 4.79 Å². The second-order valence-corrected chi connectivity index (χ2v) is 10.4. The standard InChI is InChI=1S/C31H24Cl2N6O5/c1-37-27-26(29(41)38(2)31(37)42)39(17-19-10-11-21(32)15-23(19)33)30(36-27)44-24-12-9-18(14-25(24)43-3)13-20(16-34)28(40)35-22-7-5-4-6-8-22/h4-15H,17H2,1-3H3,(H,35,40). The van der Waals surface area contributed by atoms with Gasteiger partial charge in [0.15, 0.2) is 22.7 Å². The largest absolute Gasteiger partial charge is 0.493 e. The number of anilines is 1. The van der Waals surface area contributed by atoms with Gasteiger partial charge in [0.1, 0.15) is 11.6 Å². The van der Waals surface area contributed by atoms with Gasteiger partial charge < -0.3 is 14.8 Å². The zero-order valence-electron chi connectivity index (χ0n) is 23.7. The Kier molecular flexibility index (Phi) is 8.57. The van der Waals surface area contributed by atoms with Crippen molar-refractivity contribution < 1.29 is 14.3 Å². The van der Waals surface area contributed by atoms with Gasteiger partial charge in [0, 0.05) is 29.8 Å². The third-order valence-electron chi connectivity index (χ3n) is 6.75. The second-order valence-electron chi connectivity index (χ2n) is 9.60. The Balaban J connectivity index is 1.55. The summed E-state index contributed by atoms with van der Waals surface area (Å²) in [5, 5.41) is 13.1. The molecule has 1 amide bonds. The number of carbonyl (C=O) groups is 1. The number of aromatic nitrogens is 4. The third-order valence-corrected chi connectivity index (χ3v) is 7.34. The predicted octanol–water partition coefficient (Wildman–Crippen LogP) is 5.14. The predicted molar refractivity (Wildman–Crippen MR) is 168 cm³/mol. The summed E-state index contributed by atoms with van der Waals surface area (Å²) in [6.45, 7) is 0.0699. The minimum Gasteiger partial charge on any atom is -0.493 e. The summed E-state index contributed by atoms with van der Waals surface area (Å²) in [6.07, 6.45) is 1.42. The van der Waals surface area contributed by atoms with E-state index in [9.17, 15) is 19.6 Å². The number of carbonyl (C=O) groups excluding carboxylic acids is 1. The number of methoxy groups -OCH3 is 1. The number of fused-ring (bicyclic) bond motifs is 1. The van der Waals surface area contributed by atoms with Gasteiger partial charge in [-0.3, -0.25) is 23.3 Å². The molecular formula is C31H24Cl2N6O5. The first-order valence-corrected chi connectivity index (χ1v) is 13.8. The molecule has 0 aliphatic heterocycles. The Hall–Kier alpha value is -5.31. The fraction of sp³-hybridized carbons (Fsp3) is 0.129. The highest BCUT2D eigenvalue weighted by Crippen LogP contribution is 2.34. The van der Waals surface area contributed by atoms with Crippen molar-refractivity contribution in [3.8, 4) is 23.6 Å². The molecular weight excluding hydrogens is 607 g/mol. The average molecular weight is 631 g/mol. The molecule has 44 heavy (non-hydrogen) atoms. The fourth-order valence-corrected chi connectivity index (χ4v) is 4.93. The van der Waals surface area contributed by atoms with E-state index in [2.05, 4.69) is 10.3 Å². The van der Waals surface area contributed by atoms with E-state index in [-0.39, 0.29) is 40.8 Å². The first kappa shape index (κ1) is 30.2. The van der Waals surface area contributed by atoms with Crippen LogP contribution in [0.15, 0.2) is 81.9 Å². The lowest BCUT2D eigenvalue weighted by Gasteiger charge is -2.13. The van der Waals surface area contributed by atoms with E-state index >= 15 is 0 Å². The third kappa shape index (κ3) is 5.94. The summed E-state index contributed by atoms with van der Waals surface area (Å²) in [4.78, 5) is 43.1. The lowest BCUT2D eigenvalue weighted by Crippen LogP contribution is -2.37. The molecule has 5 aromatic rings. The van der Waals surface area contributed by atoms with Gasteiger partial charge in [0.2, 0.25) is 0 Å². The molecule has 222 valence electrons. The van der Waals surface area contributed by atoms with Crippen LogP contribution < -0.4 is 26.0 Å². The quantitative estimate of drug-likeness (QED) is 0.185. The van der Waals surface area contributed by atoms with E-state index in [0.717, 1.165) is 4.57 Å². The first-order chi connectivity index (χ1) is 21.1. The normalized spacial score (nSPS) is 11.3. The highest BCUT2D eigenvalue weighted by Gasteiger charge is 2.23. The summed E-state index contributed by atoms with van der Waals surface area (Å²) in [5.74, 6) is -0.0957. The number of nitrogens with zero attached hydrogens (tertiary/aromatic N) is 5. The molecule has 0 aliphatic rings. The number of ether oxygens (including phenoxy) is 2. The van der Waals surface area contributed by atoms with Crippen LogP contribution in [0.2, 0.25) is 10.0 Å². The molecule has 5 rings (SSSR count). The van der Waals surface area contributed by atoms with Gasteiger partial charge in [0.25, 0.3) is 11.5 Å². The summed E-state index contributed by atoms with van der Waals surface area (Å²) in [5.41, 5.74) is 0.658. The zero-order valence-corrected chi connectivity index (χ0v) is 25.2. The Bertz CT molecular complexity index is 2110. The van der Waals surface area contributed by atoms with Gasteiger partial charge in [-0.05, 0) is 53.6 Å². The smallest absolute Gasteiger partial charge is 0.332 e. The number of rotatable bonds is 8. The number of para-hydroxylation sites is 1. The number of benzene rings is 3. The number of halogens is 2. The van der Waals surface area contributed by atoms with Crippen molar-refractivity contribution in [2.45, 2.75) is 6.54 Å². The van der Waals surface area contributed by atoms with E-state index < -0.39 is 17.2 Å². The Morgan fingerprint density at radius 2 is 1.77 bits per heavy atom. The van der Waals surface area contributed by atoms with Gasteiger partial charge in [-0.2, -0.15) is 10.2 Å². The molecule has 0 bridgehead atoms. The van der Waals surface area contributed by atoms with E-state index in [4.69, 9.17) is 32.7 Å². The number of amides is 1. The van der Waals surface area contributed by atoms with Gasteiger partial charge in [0.05, 0.1) is 13.7 Å². The highest BCUT2D eigenvalue weighted by molar-refractivity contribution is 6.35. The van der Waals surface area contributed by atoms with Crippen LogP contribution in [0, 0.1) is 11.3 Å². The minimum absolute atomic E-state index is 0.00846. The van der Waals surface area contributed by atoms with Crippen molar-refractivity contribution >= 4 is 52.0 Å². The maximum absolute atomic E-state index is 13.3. The lowest BCUT2D eigenvalue weighted by molar-refractivity contribution is -0.112. The second kappa shape index (κ2) is 12.5. The molecule has 0 saturated carbocycles. The number of imidazole rings is 1. The summed E-state index contributed by atoms with van der Waals surface area (Å²) in [6, 6.07) is 20.4. The molecule has 1 N–H and O–H groups in total. The van der Waals surface area contributed by atoms with Crippen LogP contribution in [0.1, 0.15) is 11.1 Å². The van der Waals surface area contributed by atoms with E-state index in [1.807, 2.05) is 12.1 Å².